The van der Waals surface area contributed by atoms with Crippen molar-refractivity contribution in [1.29, 1.82) is 0 Å². The Morgan fingerprint density at radius 1 is 1.60 bits per heavy atom. The van der Waals surface area contributed by atoms with Gasteiger partial charge in [-0.05, 0) is 6.42 Å². The first kappa shape index (κ1) is 11.7. The molecule has 0 aromatic carbocycles. The monoisotopic (exact) mass is 148 g/mol. The van der Waals surface area contributed by atoms with Crippen LogP contribution >= 0.6 is 0 Å². The minimum Gasteiger partial charge on any atom is -0.483 e. The third-order valence-electron chi connectivity index (χ3n) is 0.744. The van der Waals surface area contributed by atoms with E-state index in [1.807, 2.05) is 6.92 Å². The fraction of sp³-hybridized carbons (Fsp3) is 0.667. The quantitative estimate of drug-likeness (QED) is 0.584. The summed E-state index contributed by atoms with van der Waals surface area (Å²) in [5.41, 5.74) is 0. The lowest BCUT2D eigenvalue weighted by molar-refractivity contribution is -0.137. The molecule has 4 heteroatoms. The van der Waals surface area contributed by atoms with Crippen LogP contribution in [0.2, 0.25) is 0 Å². The summed E-state index contributed by atoms with van der Waals surface area (Å²) in [7, 11) is 0. The summed E-state index contributed by atoms with van der Waals surface area (Å²) in [5.74, 6) is -0.693. The van der Waals surface area contributed by atoms with Gasteiger partial charge >= 0.3 is 5.97 Å². The zero-order valence-electron chi connectivity index (χ0n) is 5.91. The zero-order chi connectivity index (χ0) is 8.41. The lowest BCUT2D eigenvalue weighted by atomic mass is 10.3. The van der Waals surface area contributed by atoms with Crippen LogP contribution in [0.25, 0.3) is 0 Å². The van der Waals surface area contributed by atoms with Crippen LogP contribution in [-0.2, 0) is 9.59 Å². The van der Waals surface area contributed by atoms with Crippen LogP contribution in [0.1, 0.15) is 26.2 Å². The maximum absolute atomic E-state index is 9.76. The van der Waals surface area contributed by atoms with Crippen molar-refractivity contribution in [3.63, 3.8) is 0 Å². The largest absolute Gasteiger partial charge is 0.483 e. The molecule has 0 aromatic heterocycles. The third-order valence-corrected chi connectivity index (χ3v) is 0.744. The molecular formula is C6H12O4. The number of rotatable bonds is 3. The normalized spacial score (nSPS) is 7.30. The predicted octanol–water partition coefficient (Wildman–Crippen LogP) is 0.962. The minimum absolute atomic E-state index is 0.250. The average molecular weight is 148 g/mol. The highest BCUT2D eigenvalue weighted by Gasteiger charge is 1.90. The number of hydrogen-bond acceptors (Lipinski definition) is 2. The highest BCUT2D eigenvalue weighted by atomic mass is 16.4. The molecule has 0 saturated heterocycles. The van der Waals surface area contributed by atoms with Crippen molar-refractivity contribution in [2.45, 2.75) is 26.2 Å². The highest BCUT2D eigenvalue weighted by Crippen LogP contribution is 1.91. The second kappa shape index (κ2) is 10.8. The second-order valence-electron chi connectivity index (χ2n) is 1.60. The molecule has 0 rings (SSSR count). The lowest BCUT2D eigenvalue weighted by Gasteiger charge is -1.85. The summed E-state index contributed by atoms with van der Waals surface area (Å²) in [5, 5.41) is 14.9. The number of carboxylic acid groups (broad SMARTS) is 2. The van der Waals surface area contributed by atoms with E-state index in [4.69, 9.17) is 15.0 Å². The van der Waals surface area contributed by atoms with Gasteiger partial charge in [0.05, 0.1) is 0 Å². The van der Waals surface area contributed by atoms with E-state index in [0.717, 1.165) is 12.8 Å². The van der Waals surface area contributed by atoms with E-state index >= 15 is 0 Å². The maximum Gasteiger partial charge on any atom is 0.303 e. The van der Waals surface area contributed by atoms with Gasteiger partial charge in [0, 0.05) is 6.42 Å². The van der Waals surface area contributed by atoms with Gasteiger partial charge in [0.15, 0.2) is 0 Å². The molecule has 0 aliphatic carbocycles. The molecule has 60 valence electrons. The van der Waals surface area contributed by atoms with E-state index in [0.29, 0.717) is 6.42 Å². The van der Waals surface area contributed by atoms with E-state index in [1.165, 1.54) is 0 Å². The summed E-state index contributed by atoms with van der Waals surface area (Å²) in [4.78, 5) is 18.1. The standard InChI is InChI=1S/C5H10O2.CH2O2/c1-2-3-4-5(6)7;2-1-3/h2-4H2,1H3,(H,6,7);1H,(H,2,3). The van der Waals surface area contributed by atoms with Crippen molar-refractivity contribution in [3.05, 3.63) is 0 Å². The van der Waals surface area contributed by atoms with E-state index < -0.39 is 5.97 Å². The molecule has 0 aromatic rings. The van der Waals surface area contributed by atoms with E-state index in [9.17, 15) is 4.79 Å². The van der Waals surface area contributed by atoms with Gasteiger partial charge in [0.2, 0.25) is 0 Å². The molecule has 0 aliphatic rings. The molecule has 0 heterocycles. The molecule has 0 aliphatic heterocycles. The van der Waals surface area contributed by atoms with Crippen LogP contribution in [0.4, 0.5) is 0 Å². The molecule has 0 fully saturated rings. The van der Waals surface area contributed by atoms with E-state index in [2.05, 4.69) is 0 Å². The molecule has 10 heavy (non-hydrogen) atoms. The number of carboxylic acids is 1. The van der Waals surface area contributed by atoms with Gasteiger partial charge in [0.25, 0.3) is 6.47 Å². The fourth-order valence-corrected chi connectivity index (χ4v) is 0.328. The molecule has 0 atom stereocenters. The van der Waals surface area contributed by atoms with E-state index in [-0.39, 0.29) is 6.47 Å². The Morgan fingerprint density at radius 2 is 2.00 bits per heavy atom. The first-order valence-corrected chi connectivity index (χ1v) is 2.98. The summed E-state index contributed by atoms with van der Waals surface area (Å²) in [6.07, 6.45) is 2.08. The summed E-state index contributed by atoms with van der Waals surface area (Å²) in [6.45, 7) is 1.73. The first-order chi connectivity index (χ1) is 4.68. The van der Waals surface area contributed by atoms with Crippen LogP contribution in [0.3, 0.4) is 0 Å². The zero-order valence-corrected chi connectivity index (χ0v) is 5.91. The Labute approximate surface area is 59.5 Å². The van der Waals surface area contributed by atoms with E-state index in [1.54, 1.807) is 0 Å². The molecule has 0 spiro atoms. The Morgan fingerprint density at radius 3 is 2.10 bits per heavy atom. The number of aliphatic carboxylic acids is 1. The SMILES string of the molecule is CCCCC(=O)O.O=CO. The summed E-state index contributed by atoms with van der Waals surface area (Å²) >= 11 is 0. The smallest absolute Gasteiger partial charge is 0.303 e. The fourth-order valence-electron chi connectivity index (χ4n) is 0.328. The van der Waals surface area contributed by atoms with Gasteiger partial charge in [-0.2, -0.15) is 0 Å². The van der Waals surface area contributed by atoms with Gasteiger partial charge in [-0.1, -0.05) is 13.3 Å². The van der Waals surface area contributed by atoms with Crippen molar-refractivity contribution in [3.8, 4) is 0 Å². The van der Waals surface area contributed by atoms with Gasteiger partial charge in [-0.25, -0.2) is 0 Å². The first-order valence-electron chi connectivity index (χ1n) is 2.98. The van der Waals surface area contributed by atoms with Crippen LogP contribution in [-0.4, -0.2) is 22.7 Å². The molecule has 4 nitrogen and oxygen atoms in total. The maximum atomic E-state index is 9.76. The van der Waals surface area contributed by atoms with Crippen LogP contribution in [0, 0.1) is 0 Å². The van der Waals surface area contributed by atoms with Gasteiger partial charge in [0.1, 0.15) is 0 Å². The number of hydrogen-bond donors (Lipinski definition) is 2. The van der Waals surface area contributed by atoms with Gasteiger partial charge in [-0.15, -0.1) is 0 Å². The predicted molar refractivity (Wildman–Crippen MR) is 35.9 cm³/mol. The Balaban J connectivity index is 0. The Hall–Kier alpha value is -1.06. The van der Waals surface area contributed by atoms with Crippen LogP contribution < -0.4 is 0 Å². The van der Waals surface area contributed by atoms with Gasteiger partial charge < -0.3 is 10.2 Å². The Bertz CT molecular complexity index is 89.7. The van der Waals surface area contributed by atoms with Crippen molar-refractivity contribution in [1.82, 2.24) is 0 Å². The molecule has 0 saturated carbocycles. The molecule has 0 bridgehead atoms. The average Bonchev–Trinajstić information content (AvgIpc) is 1.85. The summed E-state index contributed by atoms with van der Waals surface area (Å²) in [6, 6.07) is 0. The second-order valence-corrected chi connectivity index (χ2v) is 1.60. The molecule has 2 N–H and O–H groups in total. The van der Waals surface area contributed by atoms with Crippen LogP contribution in [0.5, 0.6) is 0 Å². The van der Waals surface area contributed by atoms with Crippen molar-refractivity contribution in [2.24, 2.45) is 0 Å². The minimum atomic E-state index is -0.693. The number of unbranched alkanes of at least 4 members (excludes halogenated alkanes) is 1. The van der Waals surface area contributed by atoms with Crippen molar-refractivity contribution >= 4 is 12.4 Å². The number of carbonyl (C=O) groups is 2. The van der Waals surface area contributed by atoms with Crippen molar-refractivity contribution in [2.75, 3.05) is 0 Å². The summed E-state index contributed by atoms with van der Waals surface area (Å²) < 4.78 is 0. The topological polar surface area (TPSA) is 74.6 Å². The van der Waals surface area contributed by atoms with Gasteiger partial charge in [-0.3, -0.25) is 9.59 Å². The van der Waals surface area contributed by atoms with Crippen molar-refractivity contribution < 1.29 is 19.8 Å². The third kappa shape index (κ3) is 28.3. The lowest BCUT2D eigenvalue weighted by Crippen LogP contribution is -1.91. The van der Waals surface area contributed by atoms with Crippen LogP contribution in [0.15, 0.2) is 0 Å². The highest BCUT2D eigenvalue weighted by molar-refractivity contribution is 5.66. The molecule has 0 radical (unpaired) electrons. The molecule has 0 unspecified atom stereocenters. The Kier molecular flexibility index (Phi) is 12.7. The molecule has 0 amide bonds. The molecular weight excluding hydrogens is 136 g/mol.